The molecule has 0 aliphatic heterocycles. The van der Waals surface area contributed by atoms with Crippen LogP contribution in [0.25, 0.3) is 10.9 Å². The van der Waals surface area contributed by atoms with E-state index in [9.17, 15) is 14.7 Å². The van der Waals surface area contributed by atoms with Gasteiger partial charge in [-0.2, -0.15) is 0 Å². The quantitative estimate of drug-likeness (QED) is 0.784. The van der Waals surface area contributed by atoms with E-state index in [0.717, 1.165) is 0 Å². The zero-order valence-electron chi connectivity index (χ0n) is 8.67. The van der Waals surface area contributed by atoms with Crippen LogP contribution < -0.4 is 5.56 Å². The minimum Gasteiger partial charge on any atom is -0.506 e. The van der Waals surface area contributed by atoms with Crippen LogP contribution in [0.5, 0.6) is 5.75 Å². The van der Waals surface area contributed by atoms with E-state index >= 15 is 0 Å². The van der Waals surface area contributed by atoms with Crippen LogP contribution in [0.3, 0.4) is 0 Å². The fraction of sp³-hybridized carbons (Fsp3) is 0.0909. The van der Waals surface area contributed by atoms with Gasteiger partial charge >= 0.3 is 0 Å². The maximum Gasteiger partial charge on any atom is 0.263 e. The summed E-state index contributed by atoms with van der Waals surface area (Å²) in [5, 5.41) is 10.6. The minimum absolute atomic E-state index is 0.204. The third-order valence-electron chi connectivity index (χ3n) is 2.36. The monoisotopic (exact) mass is 271 g/mol. The second-order valence-corrected chi connectivity index (χ2v) is 4.39. The van der Waals surface area contributed by atoms with Gasteiger partial charge in [-0.25, -0.2) is 0 Å². The van der Waals surface area contributed by atoms with Crippen LogP contribution in [0, 0.1) is 0 Å². The van der Waals surface area contributed by atoms with E-state index in [2.05, 4.69) is 4.98 Å². The van der Waals surface area contributed by atoms with Crippen molar-refractivity contribution in [1.29, 1.82) is 0 Å². The van der Waals surface area contributed by atoms with Gasteiger partial charge in [0.1, 0.15) is 11.3 Å². The van der Waals surface area contributed by atoms with E-state index < -0.39 is 17.1 Å². The lowest BCUT2D eigenvalue weighted by Gasteiger charge is -2.06. The number of fused-ring (bicyclic) bond motifs is 1. The number of rotatable bonds is 1. The van der Waals surface area contributed by atoms with Gasteiger partial charge in [-0.15, -0.1) is 0 Å². The van der Waals surface area contributed by atoms with Gasteiger partial charge in [0.25, 0.3) is 5.56 Å². The Morgan fingerprint density at radius 2 is 2.00 bits per heavy atom. The van der Waals surface area contributed by atoms with Gasteiger partial charge in [0.2, 0.25) is 0 Å². The number of benzene rings is 1. The highest BCUT2D eigenvalue weighted by molar-refractivity contribution is 6.38. The molecule has 0 amide bonds. The standard InChI is InChI=1S/C11H7Cl2NO3/c1-4(15)8-10(16)6-2-5(12)3-7(13)9(6)14-11(8)17/h2-3H,1H3,(H2,14,16,17). The Morgan fingerprint density at radius 1 is 1.35 bits per heavy atom. The number of halogens is 2. The first kappa shape index (κ1) is 12.0. The molecule has 2 N–H and O–H groups in total. The number of carbonyl (C=O) groups excluding carboxylic acids is 1. The first-order valence-corrected chi connectivity index (χ1v) is 5.42. The summed E-state index contributed by atoms with van der Waals surface area (Å²) in [4.78, 5) is 25.3. The number of carbonyl (C=O) groups is 1. The number of aromatic hydroxyl groups is 1. The summed E-state index contributed by atoms with van der Waals surface area (Å²) in [7, 11) is 0. The molecule has 17 heavy (non-hydrogen) atoms. The second-order valence-electron chi connectivity index (χ2n) is 3.54. The molecule has 2 rings (SSSR count). The molecule has 0 atom stereocenters. The molecule has 4 nitrogen and oxygen atoms in total. The topological polar surface area (TPSA) is 70.2 Å². The molecule has 1 heterocycles. The molecular formula is C11H7Cl2NO3. The molecule has 88 valence electrons. The fourth-order valence-electron chi connectivity index (χ4n) is 1.63. The van der Waals surface area contributed by atoms with Crippen molar-refractivity contribution in [2.24, 2.45) is 0 Å². The van der Waals surface area contributed by atoms with Gasteiger partial charge in [0, 0.05) is 10.4 Å². The van der Waals surface area contributed by atoms with Gasteiger partial charge in [0.05, 0.1) is 10.5 Å². The number of pyridine rings is 1. The summed E-state index contributed by atoms with van der Waals surface area (Å²) in [6.07, 6.45) is 0. The first-order valence-electron chi connectivity index (χ1n) is 4.66. The number of hydrogen-bond donors (Lipinski definition) is 2. The third kappa shape index (κ3) is 1.90. The lowest BCUT2D eigenvalue weighted by molar-refractivity contribution is 0.101. The molecule has 6 heteroatoms. The SMILES string of the molecule is CC(=O)c1c(O)c2cc(Cl)cc(Cl)c2[nH]c1=O. The molecule has 0 saturated heterocycles. The second kappa shape index (κ2) is 4.05. The smallest absolute Gasteiger partial charge is 0.263 e. The predicted octanol–water partition coefficient (Wildman–Crippen LogP) is 2.74. The highest BCUT2D eigenvalue weighted by Gasteiger charge is 2.17. The van der Waals surface area contributed by atoms with Crippen LogP contribution >= 0.6 is 23.2 Å². The normalized spacial score (nSPS) is 10.8. The van der Waals surface area contributed by atoms with E-state index in [-0.39, 0.29) is 21.5 Å². The Kier molecular flexibility index (Phi) is 2.85. The number of ketones is 1. The van der Waals surface area contributed by atoms with Crippen molar-refractivity contribution in [2.45, 2.75) is 6.92 Å². The van der Waals surface area contributed by atoms with E-state index in [1.807, 2.05) is 0 Å². The average Bonchev–Trinajstić information content (AvgIpc) is 2.19. The lowest BCUT2D eigenvalue weighted by atomic mass is 10.1. The Bertz CT molecular complexity index is 691. The van der Waals surface area contributed by atoms with E-state index in [4.69, 9.17) is 23.2 Å². The number of Topliss-reactive ketones (excluding diaryl/α,β-unsaturated/α-hetero) is 1. The Hall–Kier alpha value is -1.52. The summed E-state index contributed by atoms with van der Waals surface area (Å²) in [6.45, 7) is 1.20. The molecule has 0 bridgehead atoms. The van der Waals surface area contributed by atoms with Crippen LogP contribution in [0.15, 0.2) is 16.9 Å². The highest BCUT2D eigenvalue weighted by atomic mass is 35.5. The fourth-order valence-corrected chi connectivity index (χ4v) is 2.17. The highest BCUT2D eigenvalue weighted by Crippen LogP contribution is 2.32. The molecular weight excluding hydrogens is 265 g/mol. The van der Waals surface area contributed by atoms with Gasteiger partial charge in [-0.3, -0.25) is 9.59 Å². The number of H-pyrrole nitrogens is 1. The zero-order chi connectivity index (χ0) is 12.7. The molecule has 1 aromatic heterocycles. The van der Waals surface area contributed by atoms with Crippen molar-refractivity contribution in [3.8, 4) is 5.75 Å². The number of hydrogen-bond acceptors (Lipinski definition) is 3. The summed E-state index contributed by atoms with van der Waals surface area (Å²) >= 11 is 11.7. The number of nitrogens with one attached hydrogen (secondary N) is 1. The van der Waals surface area contributed by atoms with Gasteiger partial charge in [-0.1, -0.05) is 23.2 Å². The van der Waals surface area contributed by atoms with Crippen LogP contribution in [-0.4, -0.2) is 15.9 Å². The molecule has 0 aliphatic rings. The van der Waals surface area contributed by atoms with Crippen molar-refractivity contribution in [2.75, 3.05) is 0 Å². The minimum atomic E-state index is -0.674. The molecule has 0 radical (unpaired) electrons. The van der Waals surface area contributed by atoms with Crippen LogP contribution in [0.2, 0.25) is 10.0 Å². The Morgan fingerprint density at radius 3 is 2.59 bits per heavy atom. The Labute approximate surface area is 106 Å². The van der Waals surface area contributed by atoms with Crippen molar-refractivity contribution in [1.82, 2.24) is 4.98 Å². The molecule has 0 saturated carbocycles. The summed E-state index contributed by atoms with van der Waals surface area (Å²) in [6, 6.07) is 2.87. The molecule has 0 fully saturated rings. The van der Waals surface area contributed by atoms with E-state index in [1.165, 1.54) is 19.1 Å². The van der Waals surface area contributed by atoms with Crippen LogP contribution in [0.4, 0.5) is 0 Å². The maximum atomic E-state index is 11.6. The van der Waals surface area contributed by atoms with Crippen molar-refractivity contribution < 1.29 is 9.90 Å². The summed E-state index contributed by atoms with van der Waals surface area (Å²) in [5.41, 5.74) is -0.717. The molecule has 0 aliphatic carbocycles. The third-order valence-corrected chi connectivity index (χ3v) is 2.88. The predicted molar refractivity (Wildman–Crippen MR) is 66.3 cm³/mol. The number of aromatic amines is 1. The van der Waals surface area contributed by atoms with E-state index in [0.29, 0.717) is 5.02 Å². The summed E-state index contributed by atoms with van der Waals surface area (Å²) in [5.74, 6) is -0.928. The van der Waals surface area contributed by atoms with Gasteiger partial charge < -0.3 is 10.1 Å². The molecule has 2 aromatic rings. The zero-order valence-corrected chi connectivity index (χ0v) is 10.2. The van der Waals surface area contributed by atoms with Crippen LogP contribution in [0.1, 0.15) is 17.3 Å². The first-order chi connectivity index (χ1) is 7.91. The largest absolute Gasteiger partial charge is 0.506 e. The molecule has 1 aromatic carbocycles. The lowest BCUT2D eigenvalue weighted by Crippen LogP contribution is -2.16. The Balaban J connectivity index is 3.02. The van der Waals surface area contributed by atoms with Crippen LogP contribution in [-0.2, 0) is 0 Å². The van der Waals surface area contributed by atoms with Crippen molar-refractivity contribution >= 4 is 39.9 Å². The summed E-state index contributed by atoms with van der Waals surface area (Å²) < 4.78 is 0. The van der Waals surface area contributed by atoms with Gasteiger partial charge in [0.15, 0.2) is 5.78 Å². The maximum absolute atomic E-state index is 11.6. The van der Waals surface area contributed by atoms with Gasteiger partial charge in [-0.05, 0) is 19.1 Å². The average molecular weight is 272 g/mol. The molecule has 0 spiro atoms. The van der Waals surface area contributed by atoms with Crippen molar-refractivity contribution in [3.63, 3.8) is 0 Å². The van der Waals surface area contributed by atoms with Crippen molar-refractivity contribution in [3.05, 3.63) is 38.1 Å². The van der Waals surface area contributed by atoms with E-state index in [1.54, 1.807) is 0 Å². The molecule has 0 unspecified atom stereocenters. The number of aromatic nitrogens is 1.